The lowest BCUT2D eigenvalue weighted by Gasteiger charge is -2.11. The van der Waals surface area contributed by atoms with Gasteiger partial charge in [-0.1, -0.05) is 0 Å². The molecule has 0 spiro atoms. The van der Waals surface area contributed by atoms with Gasteiger partial charge in [0.15, 0.2) is 6.61 Å². The summed E-state index contributed by atoms with van der Waals surface area (Å²) in [4.78, 5) is 32.1. The van der Waals surface area contributed by atoms with Crippen molar-refractivity contribution in [2.75, 3.05) is 19.4 Å². The van der Waals surface area contributed by atoms with Gasteiger partial charge in [0.1, 0.15) is 6.04 Å². The van der Waals surface area contributed by atoms with Gasteiger partial charge in [-0.25, -0.2) is 9.59 Å². The number of ether oxygens (including phenoxy) is 1. The number of carboxylic acid groups (broad SMARTS) is 1. The van der Waals surface area contributed by atoms with Crippen LogP contribution in [0.2, 0.25) is 0 Å². The van der Waals surface area contributed by atoms with E-state index >= 15 is 0 Å². The fourth-order valence-electron chi connectivity index (χ4n) is 0.625. The van der Waals surface area contributed by atoms with Crippen LogP contribution in [0, 0.1) is 0 Å². The van der Waals surface area contributed by atoms with Crippen molar-refractivity contribution in [3.8, 4) is 0 Å². The minimum absolute atomic E-state index is 0.0406. The lowest BCUT2D eigenvalue weighted by molar-refractivity contribution is -0.141. The molecule has 0 radical (unpaired) electrons. The maximum atomic E-state index is 11.0. The Bertz CT molecular complexity index is 258. The zero-order chi connectivity index (χ0) is 11.8. The van der Waals surface area contributed by atoms with Crippen LogP contribution in [0.1, 0.15) is 0 Å². The molecule has 1 atom stereocenters. The van der Waals surface area contributed by atoms with Crippen LogP contribution in [-0.4, -0.2) is 48.5 Å². The van der Waals surface area contributed by atoms with Gasteiger partial charge in [0.25, 0.3) is 5.91 Å². The lowest BCUT2D eigenvalue weighted by Crippen LogP contribution is -2.44. The van der Waals surface area contributed by atoms with E-state index in [-0.39, 0.29) is 5.75 Å². The minimum Gasteiger partial charge on any atom is -0.480 e. The van der Waals surface area contributed by atoms with Crippen molar-refractivity contribution in [3.05, 3.63) is 0 Å². The van der Waals surface area contributed by atoms with E-state index < -0.39 is 30.6 Å². The highest BCUT2D eigenvalue weighted by Gasteiger charge is 2.18. The fourth-order valence-corrected chi connectivity index (χ4v) is 0.872. The molecule has 0 saturated heterocycles. The predicted octanol–water partition coefficient (Wildman–Crippen LogP) is -1.16. The van der Waals surface area contributed by atoms with Crippen LogP contribution in [0.5, 0.6) is 0 Å². The molecule has 3 N–H and O–H groups in total. The summed E-state index contributed by atoms with van der Waals surface area (Å²) in [7, 11) is 1.34. The fraction of sp³-hybridized carbons (Fsp3) is 0.571. The average Bonchev–Trinajstić information content (AvgIpc) is 2.21. The molecule has 1 unspecified atom stereocenters. The third kappa shape index (κ3) is 5.78. The number of amides is 2. The molecule has 0 fully saturated rings. The number of hydrogen-bond donors (Lipinski definition) is 4. The number of carbonyl (C=O) groups is 3. The summed E-state index contributed by atoms with van der Waals surface area (Å²) in [6, 6.07) is -1.09. The Morgan fingerprint density at radius 3 is 2.47 bits per heavy atom. The van der Waals surface area contributed by atoms with Crippen LogP contribution in [0.3, 0.4) is 0 Å². The molecule has 8 heteroatoms. The highest BCUT2D eigenvalue weighted by molar-refractivity contribution is 7.80. The summed E-state index contributed by atoms with van der Waals surface area (Å²) >= 11 is 3.74. The van der Waals surface area contributed by atoms with Gasteiger partial charge in [0, 0.05) is 12.8 Å². The van der Waals surface area contributed by atoms with Crippen molar-refractivity contribution >= 4 is 30.6 Å². The van der Waals surface area contributed by atoms with Crippen molar-refractivity contribution in [1.82, 2.24) is 10.6 Å². The number of nitrogens with one attached hydrogen (secondary N) is 2. The van der Waals surface area contributed by atoms with Gasteiger partial charge in [0.2, 0.25) is 0 Å². The second-order valence-electron chi connectivity index (χ2n) is 2.47. The van der Waals surface area contributed by atoms with E-state index in [0.29, 0.717) is 0 Å². The van der Waals surface area contributed by atoms with Crippen LogP contribution in [0.25, 0.3) is 0 Å². The van der Waals surface area contributed by atoms with Crippen molar-refractivity contribution in [3.63, 3.8) is 0 Å². The number of carboxylic acids is 1. The Hall–Kier alpha value is -1.44. The first-order valence-electron chi connectivity index (χ1n) is 3.98. The largest absolute Gasteiger partial charge is 0.480 e. The van der Waals surface area contributed by atoms with Crippen molar-refractivity contribution < 1.29 is 24.2 Å². The lowest BCUT2D eigenvalue weighted by atomic mass is 10.3. The van der Waals surface area contributed by atoms with Crippen molar-refractivity contribution in [1.29, 1.82) is 0 Å². The molecule has 0 bridgehead atoms. The van der Waals surface area contributed by atoms with E-state index in [1.165, 1.54) is 7.05 Å². The topological polar surface area (TPSA) is 105 Å². The van der Waals surface area contributed by atoms with E-state index in [4.69, 9.17) is 5.11 Å². The molecule has 0 rings (SSSR count). The molecule has 0 saturated carbocycles. The molecule has 0 aromatic rings. The Kier molecular flexibility index (Phi) is 6.27. The normalized spacial score (nSPS) is 11.3. The quantitative estimate of drug-likeness (QED) is 0.451. The Balaban J connectivity index is 3.91. The Morgan fingerprint density at radius 1 is 1.47 bits per heavy atom. The van der Waals surface area contributed by atoms with Crippen LogP contribution < -0.4 is 10.6 Å². The minimum atomic E-state index is -1.20. The summed E-state index contributed by atoms with van der Waals surface area (Å²) in [5, 5.41) is 12.8. The Morgan fingerprint density at radius 2 is 2.07 bits per heavy atom. The number of aliphatic carboxylic acids is 1. The molecule has 0 heterocycles. The van der Waals surface area contributed by atoms with Gasteiger partial charge in [-0.3, -0.25) is 4.79 Å². The molecule has 15 heavy (non-hydrogen) atoms. The summed E-state index contributed by atoms with van der Waals surface area (Å²) in [6.45, 7) is -0.531. The molecule has 0 aliphatic heterocycles. The Labute approximate surface area is 91.6 Å². The van der Waals surface area contributed by atoms with Gasteiger partial charge >= 0.3 is 12.1 Å². The SMILES string of the molecule is CNC(=O)OCC(=O)NC(CS)C(=O)O. The van der Waals surface area contributed by atoms with Crippen LogP contribution in [0.15, 0.2) is 0 Å². The molecule has 0 aromatic carbocycles. The van der Waals surface area contributed by atoms with Gasteiger partial charge in [-0.2, -0.15) is 12.6 Å². The zero-order valence-corrected chi connectivity index (χ0v) is 8.91. The van der Waals surface area contributed by atoms with Crippen LogP contribution in [-0.2, 0) is 14.3 Å². The number of carbonyl (C=O) groups excluding carboxylic acids is 2. The molecule has 0 aromatic heterocycles. The zero-order valence-electron chi connectivity index (χ0n) is 8.02. The van der Waals surface area contributed by atoms with Gasteiger partial charge < -0.3 is 20.5 Å². The summed E-state index contributed by atoms with van der Waals surface area (Å²) in [5.41, 5.74) is 0. The molecule has 7 nitrogen and oxygen atoms in total. The molecular weight excluding hydrogens is 224 g/mol. The van der Waals surface area contributed by atoms with Gasteiger partial charge in [0.05, 0.1) is 0 Å². The third-order valence-corrected chi connectivity index (χ3v) is 1.72. The van der Waals surface area contributed by atoms with Crippen molar-refractivity contribution in [2.24, 2.45) is 0 Å². The maximum Gasteiger partial charge on any atom is 0.407 e. The molecule has 0 aliphatic carbocycles. The van der Waals surface area contributed by atoms with Crippen LogP contribution in [0.4, 0.5) is 4.79 Å². The standard InChI is InChI=1S/C7H12N2O5S/c1-8-7(13)14-2-5(10)9-4(3-15)6(11)12/h4,15H,2-3H2,1H3,(H,8,13)(H,9,10)(H,11,12). The first kappa shape index (κ1) is 13.6. The predicted molar refractivity (Wildman–Crippen MR) is 53.8 cm³/mol. The second kappa shape index (κ2) is 6.93. The van der Waals surface area contributed by atoms with E-state index in [1.54, 1.807) is 0 Å². The average molecular weight is 236 g/mol. The molecule has 0 aliphatic rings. The molecule has 86 valence electrons. The van der Waals surface area contributed by atoms with E-state index in [0.717, 1.165) is 0 Å². The molecular formula is C7H12N2O5S. The summed E-state index contributed by atoms with van der Waals surface area (Å²) < 4.78 is 4.40. The van der Waals surface area contributed by atoms with Gasteiger partial charge in [-0.15, -0.1) is 0 Å². The second-order valence-corrected chi connectivity index (χ2v) is 2.83. The number of rotatable bonds is 5. The number of alkyl carbamates (subject to hydrolysis) is 1. The highest BCUT2D eigenvalue weighted by Crippen LogP contribution is 1.88. The van der Waals surface area contributed by atoms with Gasteiger partial charge in [-0.05, 0) is 0 Å². The van der Waals surface area contributed by atoms with Crippen LogP contribution >= 0.6 is 12.6 Å². The molecule has 2 amide bonds. The first-order valence-corrected chi connectivity index (χ1v) is 4.62. The van der Waals surface area contributed by atoms with E-state index in [1.807, 2.05) is 0 Å². The monoisotopic (exact) mass is 236 g/mol. The van der Waals surface area contributed by atoms with E-state index in [2.05, 4.69) is 28.0 Å². The van der Waals surface area contributed by atoms with Crippen molar-refractivity contribution in [2.45, 2.75) is 6.04 Å². The number of hydrogen-bond acceptors (Lipinski definition) is 5. The third-order valence-electron chi connectivity index (χ3n) is 1.35. The maximum absolute atomic E-state index is 11.0. The number of thiol groups is 1. The smallest absolute Gasteiger partial charge is 0.407 e. The summed E-state index contributed by atoms with van der Waals surface area (Å²) in [6.07, 6.45) is -0.761. The summed E-state index contributed by atoms with van der Waals surface area (Å²) in [5.74, 6) is -1.93. The highest BCUT2D eigenvalue weighted by atomic mass is 32.1. The first-order chi connectivity index (χ1) is 7.01. The van der Waals surface area contributed by atoms with E-state index in [9.17, 15) is 14.4 Å².